The van der Waals surface area contributed by atoms with Crippen LogP contribution in [0.3, 0.4) is 0 Å². The Bertz CT molecular complexity index is 887. The van der Waals surface area contributed by atoms with E-state index in [0.717, 1.165) is 41.9 Å². The first-order valence-corrected chi connectivity index (χ1v) is 11.2. The molecule has 2 aromatic carbocycles. The third-order valence-electron chi connectivity index (χ3n) is 4.97. The smallest absolute Gasteiger partial charge is 0.222 e. The van der Waals surface area contributed by atoms with Crippen LogP contribution in [0.25, 0.3) is 0 Å². The molecule has 0 fully saturated rings. The summed E-state index contributed by atoms with van der Waals surface area (Å²) in [5.74, 6) is 1.74. The molecular formula is C25H32BClN2O3. The van der Waals surface area contributed by atoms with Crippen molar-refractivity contribution in [1.82, 2.24) is 9.55 Å². The largest absolute Gasteiger partial charge is 0.497 e. The number of rotatable bonds is 10. The van der Waals surface area contributed by atoms with Gasteiger partial charge in [-0.15, -0.1) is 0 Å². The van der Waals surface area contributed by atoms with Gasteiger partial charge in [0.1, 0.15) is 11.5 Å². The average Bonchev–Trinajstić information content (AvgIpc) is 3.33. The predicted octanol–water partition coefficient (Wildman–Crippen LogP) is 4.37. The Labute approximate surface area is 197 Å². The van der Waals surface area contributed by atoms with Crippen molar-refractivity contribution in [3.8, 4) is 11.5 Å². The monoisotopic (exact) mass is 454 g/mol. The lowest BCUT2D eigenvalue weighted by molar-refractivity contribution is 0.0640. The molecule has 0 aliphatic carbocycles. The minimum Gasteiger partial charge on any atom is -0.497 e. The number of nitrogens with zero attached hydrogens (tertiary/aromatic N) is 2. The van der Waals surface area contributed by atoms with E-state index in [1.54, 1.807) is 32.3 Å². The van der Waals surface area contributed by atoms with Crippen LogP contribution in [0.4, 0.5) is 0 Å². The number of benzene rings is 2. The van der Waals surface area contributed by atoms with Crippen LogP contribution in [0.2, 0.25) is 6.32 Å². The van der Waals surface area contributed by atoms with Crippen molar-refractivity contribution in [3.05, 3.63) is 78.9 Å². The summed E-state index contributed by atoms with van der Waals surface area (Å²) in [6, 6.07) is 16.1. The van der Waals surface area contributed by atoms with E-state index in [1.165, 1.54) is 0 Å². The molecule has 0 spiro atoms. The van der Waals surface area contributed by atoms with Crippen molar-refractivity contribution in [2.75, 3.05) is 20.8 Å². The molecule has 0 N–H and O–H groups in total. The molecule has 7 heteroatoms. The first-order valence-electron chi connectivity index (χ1n) is 10.7. The molecule has 170 valence electrons. The maximum absolute atomic E-state index is 5.72. The zero-order valence-electron chi connectivity index (χ0n) is 19.3. The van der Waals surface area contributed by atoms with Gasteiger partial charge >= 0.3 is 0 Å². The van der Waals surface area contributed by atoms with Gasteiger partial charge in [0.25, 0.3) is 0 Å². The second-order valence-corrected chi connectivity index (χ2v) is 7.41. The van der Waals surface area contributed by atoms with Gasteiger partial charge in [-0.25, -0.2) is 4.98 Å². The summed E-state index contributed by atoms with van der Waals surface area (Å²) in [6.45, 7) is 5.85. The van der Waals surface area contributed by atoms with Crippen LogP contribution in [0.1, 0.15) is 13.8 Å². The number of ether oxygens (including phenoxy) is 3. The highest BCUT2D eigenvalue weighted by molar-refractivity contribution is 6.86. The molecule has 32 heavy (non-hydrogen) atoms. The predicted molar refractivity (Wildman–Crippen MR) is 134 cm³/mol. The van der Waals surface area contributed by atoms with Crippen LogP contribution >= 0.6 is 11.6 Å². The Morgan fingerprint density at radius 2 is 1.62 bits per heavy atom. The van der Waals surface area contributed by atoms with Crippen LogP contribution in [-0.2, 0) is 11.3 Å². The van der Waals surface area contributed by atoms with Crippen LogP contribution in [0.5, 0.6) is 11.5 Å². The van der Waals surface area contributed by atoms with Gasteiger partial charge in [-0.1, -0.05) is 54.1 Å². The molecule has 0 saturated carbocycles. The molecule has 5 nitrogen and oxygen atoms in total. The molecule has 3 rings (SSSR count). The van der Waals surface area contributed by atoms with Gasteiger partial charge in [-0.2, -0.15) is 0 Å². The summed E-state index contributed by atoms with van der Waals surface area (Å²) in [4.78, 5) is 3.94. The van der Waals surface area contributed by atoms with E-state index in [1.807, 2.05) is 60.2 Å². The van der Waals surface area contributed by atoms with Crippen molar-refractivity contribution in [2.45, 2.75) is 32.8 Å². The zero-order valence-corrected chi connectivity index (χ0v) is 20.0. The van der Waals surface area contributed by atoms with Crippen LogP contribution in [0, 0.1) is 0 Å². The first-order chi connectivity index (χ1) is 15.6. The number of para-hydroxylation sites is 2. The summed E-state index contributed by atoms with van der Waals surface area (Å²) >= 11 is 5.72. The fraction of sp³-hybridized carbons (Fsp3) is 0.320. The van der Waals surface area contributed by atoms with Crippen molar-refractivity contribution in [1.29, 1.82) is 0 Å². The number of allylic oxidation sites excluding steroid dienone is 1. The molecule has 0 aliphatic rings. The maximum Gasteiger partial charge on any atom is 0.222 e. The second kappa shape index (κ2) is 14.4. The van der Waals surface area contributed by atoms with Crippen molar-refractivity contribution in [3.63, 3.8) is 0 Å². The van der Waals surface area contributed by atoms with E-state index in [2.05, 4.69) is 24.0 Å². The van der Waals surface area contributed by atoms with Gasteiger partial charge in [0.15, 0.2) is 0 Å². The summed E-state index contributed by atoms with van der Waals surface area (Å²) in [5, 5.41) is 0. The van der Waals surface area contributed by atoms with E-state index < -0.39 is 0 Å². The Kier molecular flexibility index (Phi) is 11.5. The van der Waals surface area contributed by atoms with E-state index in [0.29, 0.717) is 0 Å². The standard InChI is InChI=1S/C17H18BClO2.C8H14N2O/c1-20-16-10-5-3-8-14(16)18(12-7-13-19)15-9-4-6-11-17(15)21-2;1-3-11-8(2)6-10-5-4-9-7-10/h3-11,13H,12H2,1-2H3;4-5,7-8H,3,6H2,1-2H3. The molecular weight excluding hydrogens is 423 g/mol. The van der Waals surface area contributed by atoms with E-state index in [4.69, 9.17) is 25.8 Å². The highest BCUT2D eigenvalue weighted by atomic mass is 35.5. The van der Waals surface area contributed by atoms with Gasteiger partial charge in [0.05, 0.1) is 26.7 Å². The van der Waals surface area contributed by atoms with Gasteiger partial charge in [0, 0.05) is 25.5 Å². The van der Waals surface area contributed by atoms with Crippen LogP contribution < -0.4 is 20.4 Å². The normalized spacial score (nSPS) is 11.5. The third kappa shape index (κ3) is 7.77. The number of imidazole rings is 1. The van der Waals surface area contributed by atoms with Crippen LogP contribution in [-0.4, -0.2) is 43.2 Å². The Hall–Kier alpha value is -2.70. The molecule has 3 aromatic rings. The number of hydrogen-bond donors (Lipinski definition) is 0. The number of hydrogen-bond acceptors (Lipinski definition) is 4. The fourth-order valence-electron chi connectivity index (χ4n) is 3.55. The van der Waals surface area contributed by atoms with Gasteiger partial charge < -0.3 is 18.8 Å². The molecule has 1 aromatic heterocycles. The first kappa shape index (κ1) is 25.6. The minimum absolute atomic E-state index is 0.132. The highest BCUT2D eigenvalue weighted by Crippen LogP contribution is 2.15. The molecule has 0 saturated heterocycles. The lowest BCUT2D eigenvalue weighted by Gasteiger charge is -2.18. The maximum atomic E-state index is 5.72. The molecule has 0 radical (unpaired) electrons. The summed E-state index contributed by atoms with van der Waals surface area (Å²) in [6.07, 6.45) is 8.52. The lowest BCUT2D eigenvalue weighted by atomic mass is 9.38. The van der Waals surface area contributed by atoms with Gasteiger partial charge in [-0.3, -0.25) is 0 Å². The fourth-order valence-corrected chi connectivity index (χ4v) is 3.65. The van der Waals surface area contributed by atoms with E-state index in [9.17, 15) is 0 Å². The second-order valence-electron chi connectivity index (χ2n) is 7.16. The Morgan fingerprint density at radius 3 is 2.09 bits per heavy atom. The van der Waals surface area contributed by atoms with E-state index >= 15 is 0 Å². The summed E-state index contributed by atoms with van der Waals surface area (Å²) in [7, 11) is 3.38. The highest BCUT2D eigenvalue weighted by Gasteiger charge is 2.24. The third-order valence-corrected chi connectivity index (χ3v) is 5.15. The van der Waals surface area contributed by atoms with Crippen molar-refractivity contribution in [2.24, 2.45) is 0 Å². The quantitative estimate of drug-likeness (QED) is 0.427. The van der Waals surface area contributed by atoms with Crippen molar-refractivity contribution < 1.29 is 14.2 Å². The number of halogens is 1. The summed E-state index contributed by atoms with van der Waals surface area (Å²) in [5.41, 5.74) is 3.80. The number of aromatic nitrogens is 2. The molecule has 1 atom stereocenters. The topological polar surface area (TPSA) is 45.5 Å². The zero-order chi connectivity index (χ0) is 23.2. The van der Waals surface area contributed by atoms with E-state index in [-0.39, 0.29) is 12.8 Å². The average molecular weight is 455 g/mol. The molecule has 0 bridgehead atoms. The Morgan fingerprint density at radius 1 is 1.03 bits per heavy atom. The molecule has 0 amide bonds. The van der Waals surface area contributed by atoms with Gasteiger partial charge in [0.2, 0.25) is 6.71 Å². The Balaban J connectivity index is 0.000000278. The summed E-state index contributed by atoms with van der Waals surface area (Å²) < 4.78 is 18.4. The molecule has 0 aliphatic heterocycles. The molecule has 1 unspecified atom stereocenters. The lowest BCUT2D eigenvalue weighted by Crippen LogP contribution is -2.42. The van der Waals surface area contributed by atoms with Crippen molar-refractivity contribution >= 4 is 29.2 Å². The van der Waals surface area contributed by atoms with Crippen LogP contribution in [0.15, 0.2) is 78.9 Å². The SMILES string of the molecule is CCOC(C)Cn1ccnc1.COc1ccccc1B(CC=CCl)c1ccccc1OC. The van der Waals surface area contributed by atoms with Gasteiger partial charge in [-0.05, 0) is 48.8 Å². The minimum atomic E-state index is 0.132. The number of methoxy groups -OCH3 is 2. The molecule has 1 heterocycles.